The third-order valence-electron chi connectivity index (χ3n) is 4.05. The highest BCUT2D eigenvalue weighted by molar-refractivity contribution is 7.89. The van der Waals surface area contributed by atoms with Crippen molar-refractivity contribution in [3.8, 4) is 0 Å². The van der Waals surface area contributed by atoms with Crippen LogP contribution in [0.15, 0.2) is 47.4 Å². The van der Waals surface area contributed by atoms with Crippen LogP contribution in [0.5, 0.6) is 0 Å². The van der Waals surface area contributed by atoms with Crippen LogP contribution in [-0.2, 0) is 10.0 Å². The molecule has 0 spiro atoms. The second kappa shape index (κ2) is 6.25. The number of hydrogen-bond acceptors (Lipinski definition) is 4. The van der Waals surface area contributed by atoms with Crippen molar-refractivity contribution in [3.63, 3.8) is 0 Å². The number of halogens is 1. The van der Waals surface area contributed by atoms with Gasteiger partial charge in [0, 0.05) is 18.1 Å². The fourth-order valence-corrected chi connectivity index (χ4v) is 4.11. The number of rotatable bonds is 4. The minimum atomic E-state index is -3.88. The van der Waals surface area contributed by atoms with Gasteiger partial charge in [0.15, 0.2) is 0 Å². The normalized spacial score (nSPS) is 15.4. The van der Waals surface area contributed by atoms with E-state index in [1.54, 1.807) is 31.2 Å². The number of amides is 2. The first-order valence-corrected chi connectivity index (χ1v) is 9.31. The van der Waals surface area contributed by atoms with Crippen LogP contribution < -0.4 is 4.72 Å². The van der Waals surface area contributed by atoms with Gasteiger partial charge in [0.25, 0.3) is 11.8 Å². The SMILES string of the molecule is CC(NS(=O)(=O)c1ccc2c(c1)C(=O)N(C)C2=O)c1cccc(Cl)c1. The van der Waals surface area contributed by atoms with Crippen molar-refractivity contribution in [2.75, 3.05) is 7.05 Å². The van der Waals surface area contributed by atoms with E-state index in [1.807, 2.05) is 0 Å². The monoisotopic (exact) mass is 378 g/mol. The van der Waals surface area contributed by atoms with Crippen molar-refractivity contribution in [1.82, 2.24) is 9.62 Å². The van der Waals surface area contributed by atoms with Gasteiger partial charge in [-0.1, -0.05) is 23.7 Å². The molecule has 130 valence electrons. The molecule has 2 amide bonds. The van der Waals surface area contributed by atoms with E-state index >= 15 is 0 Å². The molecule has 0 radical (unpaired) electrons. The third-order valence-corrected chi connectivity index (χ3v) is 5.83. The Balaban J connectivity index is 1.91. The zero-order valence-corrected chi connectivity index (χ0v) is 15.1. The molecule has 0 aromatic heterocycles. The lowest BCUT2D eigenvalue weighted by Gasteiger charge is -2.15. The van der Waals surface area contributed by atoms with E-state index in [9.17, 15) is 18.0 Å². The van der Waals surface area contributed by atoms with Crippen molar-refractivity contribution in [2.24, 2.45) is 0 Å². The second-order valence-corrected chi connectivity index (χ2v) is 7.93. The van der Waals surface area contributed by atoms with Gasteiger partial charge in [0.1, 0.15) is 0 Å². The summed E-state index contributed by atoms with van der Waals surface area (Å²) in [5.41, 5.74) is 1.00. The molecule has 0 aliphatic carbocycles. The molecule has 0 saturated heterocycles. The summed E-state index contributed by atoms with van der Waals surface area (Å²) in [6.45, 7) is 1.69. The molecule has 2 aromatic rings. The fraction of sp³-hybridized carbons (Fsp3) is 0.176. The van der Waals surface area contributed by atoms with Crippen LogP contribution in [0, 0.1) is 0 Å². The summed E-state index contributed by atoms with van der Waals surface area (Å²) in [7, 11) is -2.52. The highest BCUT2D eigenvalue weighted by Gasteiger charge is 2.34. The minimum absolute atomic E-state index is 0.0726. The smallest absolute Gasteiger partial charge is 0.261 e. The van der Waals surface area contributed by atoms with Crippen molar-refractivity contribution in [2.45, 2.75) is 17.9 Å². The van der Waals surface area contributed by atoms with Crippen molar-refractivity contribution in [3.05, 3.63) is 64.2 Å². The van der Waals surface area contributed by atoms with Gasteiger partial charge in [-0.15, -0.1) is 0 Å². The Morgan fingerprint density at radius 2 is 1.72 bits per heavy atom. The fourth-order valence-electron chi connectivity index (χ4n) is 2.65. The molecule has 1 aliphatic heterocycles. The van der Waals surface area contributed by atoms with Gasteiger partial charge < -0.3 is 0 Å². The standard InChI is InChI=1S/C17H15ClN2O4S/c1-10(11-4-3-5-12(18)8-11)19-25(23,24)13-6-7-14-15(9-13)17(22)20(2)16(14)21/h3-10,19H,1-2H3. The second-order valence-electron chi connectivity index (χ2n) is 5.77. The lowest BCUT2D eigenvalue weighted by molar-refractivity contribution is 0.0693. The van der Waals surface area contributed by atoms with Crippen LogP contribution in [0.3, 0.4) is 0 Å². The molecule has 1 unspecified atom stereocenters. The summed E-state index contributed by atoms with van der Waals surface area (Å²) in [6, 6.07) is 10.3. The van der Waals surface area contributed by atoms with E-state index < -0.39 is 27.9 Å². The van der Waals surface area contributed by atoms with Gasteiger partial charge in [-0.05, 0) is 42.8 Å². The molecule has 2 aromatic carbocycles. The van der Waals surface area contributed by atoms with Crippen LogP contribution in [0.25, 0.3) is 0 Å². The molecule has 8 heteroatoms. The van der Waals surface area contributed by atoms with Gasteiger partial charge in [-0.3, -0.25) is 14.5 Å². The van der Waals surface area contributed by atoms with Gasteiger partial charge >= 0.3 is 0 Å². The maximum absolute atomic E-state index is 12.6. The predicted octanol–water partition coefficient (Wildman–Crippen LogP) is 2.61. The Morgan fingerprint density at radius 3 is 2.40 bits per heavy atom. The first-order valence-electron chi connectivity index (χ1n) is 7.45. The molecule has 0 bridgehead atoms. The molecule has 0 fully saturated rings. The van der Waals surface area contributed by atoms with E-state index in [2.05, 4.69) is 4.72 Å². The quantitative estimate of drug-likeness (QED) is 0.829. The topological polar surface area (TPSA) is 83.6 Å². The number of nitrogens with zero attached hydrogens (tertiary/aromatic N) is 1. The van der Waals surface area contributed by atoms with Crippen LogP contribution in [-0.4, -0.2) is 32.2 Å². The molecule has 25 heavy (non-hydrogen) atoms. The largest absolute Gasteiger partial charge is 0.277 e. The van der Waals surface area contributed by atoms with Crippen LogP contribution >= 0.6 is 11.6 Å². The van der Waals surface area contributed by atoms with Gasteiger partial charge in [-0.25, -0.2) is 13.1 Å². The maximum Gasteiger partial charge on any atom is 0.261 e. The van der Waals surface area contributed by atoms with E-state index in [0.29, 0.717) is 10.6 Å². The van der Waals surface area contributed by atoms with Gasteiger partial charge in [0.05, 0.1) is 16.0 Å². The summed E-state index contributed by atoms with van der Waals surface area (Å²) in [6.07, 6.45) is 0. The molecule has 6 nitrogen and oxygen atoms in total. The summed E-state index contributed by atoms with van der Waals surface area (Å²) >= 11 is 5.93. The Labute approximate surface area is 150 Å². The summed E-state index contributed by atoms with van der Waals surface area (Å²) in [5.74, 6) is -0.954. The molecule has 1 N–H and O–H groups in total. The van der Waals surface area contributed by atoms with Crippen LogP contribution in [0.1, 0.15) is 39.2 Å². The van der Waals surface area contributed by atoms with Crippen LogP contribution in [0.4, 0.5) is 0 Å². The maximum atomic E-state index is 12.6. The Kier molecular flexibility index (Phi) is 4.40. The van der Waals surface area contributed by atoms with Crippen molar-refractivity contribution < 1.29 is 18.0 Å². The number of hydrogen-bond donors (Lipinski definition) is 1. The summed E-state index contributed by atoms with van der Waals surface area (Å²) < 4.78 is 27.8. The Morgan fingerprint density at radius 1 is 1.04 bits per heavy atom. The van der Waals surface area contributed by atoms with Crippen LogP contribution in [0.2, 0.25) is 5.02 Å². The highest BCUT2D eigenvalue weighted by atomic mass is 35.5. The highest BCUT2D eigenvalue weighted by Crippen LogP contribution is 2.26. The van der Waals surface area contributed by atoms with Gasteiger partial charge in [0.2, 0.25) is 10.0 Å². The van der Waals surface area contributed by atoms with Gasteiger partial charge in [-0.2, -0.15) is 0 Å². The summed E-state index contributed by atoms with van der Waals surface area (Å²) in [5, 5.41) is 0.508. The average Bonchev–Trinajstić information content (AvgIpc) is 2.79. The molecule has 1 aliphatic rings. The molecular formula is C17H15ClN2O4S. The molecule has 3 rings (SSSR count). The average molecular weight is 379 g/mol. The van der Waals surface area contributed by atoms with Crippen molar-refractivity contribution >= 4 is 33.4 Å². The summed E-state index contributed by atoms with van der Waals surface area (Å²) in [4.78, 5) is 24.8. The van der Waals surface area contributed by atoms with Crippen molar-refractivity contribution in [1.29, 1.82) is 0 Å². The number of fused-ring (bicyclic) bond motifs is 1. The first kappa shape index (κ1) is 17.6. The Hall–Kier alpha value is -2.22. The predicted molar refractivity (Wildman–Crippen MR) is 93.1 cm³/mol. The lowest BCUT2D eigenvalue weighted by atomic mass is 10.1. The molecule has 1 atom stereocenters. The minimum Gasteiger partial charge on any atom is -0.277 e. The molecular weight excluding hydrogens is 364 g/mol. The first-order chi connectivity index (χ1) is 11.7. The van der Waals surface area contributed by atoms with E-state index in [1.165, 1.54) is 25.2 Å². The van der Waals surface area contributed by atoms with E-state index in [-0.39, 0.29) is 16.0 Å². The number of carbonyl (C=O) groups excluding carboxylic acids is 2. The third kappa shape index (κ3) is 3.18. The zero-order valence-electron chi connectivity index (χ0n) is 13.5. The Bertz CT molecular complexity index is 988. The number of benzene rings is 2. The lowest BCUT2D eigenvalue weighted by Crippen LogP contribution is -2.27. The number of imide groups is 1. The number of carbonyl (C=O) groups is 2. The number of nitrogens with one attached hydrogen (secondary N) is 1. The number of sulfonamides is 1. The zero-order chi connectivity index (χ0) is 18.4. The van der Waals surface area contributed by atoms with E-state index in [0.717, 1.165) is 4.90 Å². The van der Waals surface area contributed by atoms with E-state index in [4.69, 9.17) is 11.6 Å². The molecule has 0 saturated carbocycles. The molecule has 1 heterocycles.